The highest BCUT2D eigenvalue weighted by Crippen LogP contribution is 2.28. The molecule has 110 valence electrons. The first-order valence-electron chi connectivity index (χ1n) is 6.56. The fourth-order valence-electron chi connectivity index (χ4n) is 1.75. The maximum atomic E-state index is 11.7. The molecule has 0 amide bonds. The Hall–Kier alpha value is -2.63. The van der Waals surface area contributed by atoms with E-state index in [2.05, 4.69) is 9.97 Å². The molecule has 0 saturated carbocycles. The van der Waals surface area contributed by atoms with Crippen molar-refractivity contribution in [1.29, 1.82) is 0 Å². The molecular formula is C15H17N3O3. The van der Waals surface area contributed by atoms with E-state index in [0.29, 0.717) is 29.3 Å². The van der Waals surface area contributed by atoms with Crippen molar-refractivity contribution in [2.75, 3.05) is 12.3 Å². The number of benzene rings is 1. The maximum Gasteiger partial charge on any atom is 0.341 e. The number of ether oxygens (including phenoxy) is 2. The van der Waals surface area contributed by atoms with Gasteiger partial charge < -0.3 is 15.2 Å². The quantitative estimate of drug-likeness (QED) is 0.687. The molecule has 1 aromatic heterocycles. The lowest BCUT2D eigenvalue weighted by atomic mass is 10.2. The molecule has 0 aliphatic rings. The molecule has 1 aromatic carbocycles. The summed E-state index contributed by atoms with van der Waals surface area (Å²) < 4.78 is 10.5. The van der Waals surface area contributed by atoms with Crippen LogP contribution in [0.15, 0.2) is 24.4 Å². The fraction of sp³-hybridized carbons (Fsp3) is 0.267. The van der Waals surface area contributed by atoms with Gasteiger partial charge in [-0.15, -0.1) is 0 Å². The number of nitrogen functional groups attached to an aromatic ring is 1. The zero-order chi connectivity index (χ0) is 15.4. The number of aromatic nitrogens is 2. The van der Waals surface area contributed by atoms with Crippen LogP contribution < -0.4 is 10.5 Å². The fourth-order valence-corrected chi connectivity index (χ4v) is 1.75. The monoisotopic (exact) mass is 287 g/mol. The molecule has 0 aliphatic carbocycles. The zero-order valence-electron chi connectivity index (χ0n) is 12.2. The van der Waals surface area contributed by atoms with E-state index in [4.69, 9.17) is 15.2 Å². The van der Waals surface area contributed by atoms with Crippen LogP contribution in [0.1, 0.15) is 28.5 Å². The van der Waals surface area contributed by atoms with Crippen molar-refractivity contribution in [3.63, 3.8) is 0 Å². The number of para-hydroxylation sites is 1. The Labute approximate surface area is 122 Å². The molecule has 0 radical (unpaired) electrons. The van der Waals surface area contributed by atoms with Crippen molar-refractivity contribution < 1.29 is 14.3 Å². The Kier molecular flexibility index (Phi) is 4.37. The minimum absolute atomic E-state index is 0.137. The molecule has 0 unspecified atom stereocenters. The topological polar surface area (TPSA) is 87.3 Å². The lowest BCUT2D eigenvalue weighted by molar-refractivity contribution is 0.0524. The molecule has 0 atom stereocenters. The number of esters is 1. The summed E-state index contributed by atoms with van der Waals surface area (Å²) in [6.07, 6.45) is 1.39. The summed E-state index contributed by atoms with van der Waals surface area (Å²) in [6.45, 7) is 5.63. The number of hydrogen-bond acceptors (Lipinski definition) is 6. The van der Waals surface area contributed by atoms with Gasteiger partial charge >= 0.3 is 12.0 Å². The van der Waals surface area contributed by atoms with Gasteiger partial charge in [0.1, 0.15) is 0 Å². The molecular weight excluding hydrogens is 270 g/mol. The smallest absolute Gasteiger partial charge is 0.341 e. The first-order chi connectivity index (χ1) is 10.0. The molecule has 2 N–H and O–H groups in total. The summed E-state index contributed by atoms with van der Waals surface area (Å²) >= 11 is 0. The number of anilines is 1. The summed E-state index contributed by atoms with van der Waals surface area (Å²) in [6, 6.07) is 5.59. The van der Waals surface area contributed by atoms with E-state index in [9.17, 15) is 4.79 Å². The van der Waals surface area contributed by atoms with Crippen LogP contribution in [0.2, 0.25) is 0 Å². The normalized spacial score (nSPS) is 10.2. The summed E-state index contributed by atoms with van der Waals surface area (Å²) in [5.41, 5.74) is 8.19. The predicted octanol–water partition coefficient (Wildman–Crippen LogP) is 2.64. The minimum atomic E-state index is -0.448. The zero-order valence-corrected chi connectivity index (χ0v) is 12.2. The van der Waals surface area contributed by atoms with Crippen molar-refractivity contribution >= 4 is 11.7 Å². The Morgan fingerprint density at radius 3 is 2.76 bits per heavy atom. The third kappa shape index (κ3) is 3.28. The number of aryl methyl sites for hydroxylation is 2. The Balaban J connectivity index is 2.24. The van der Waals surface area contributed by atoms with Crippen molar-refractivity contribution in [1.82, 2.24) is 9.97 Å². The standard InChI is InChI=1S/C15H17N3O3/c1-4-20-14(19)11-8-17-15(18-10(11)3)21-12-7-5-6-9(2)13(12)16/h5-8H,4,16H2,1-3H3. The van der Waals surface area contributed by atoms with Crippen LogP contribution in [0.25, 0.3) is 0 Å². The van der Waals surface area contributed by atoms with E-state index >= 15 is 0 Å². The highest BCUT2D eigenvalue weighted by atomic mass is 16.5. The molecule has 2 aromatic rings. The van der Waals surface area contributed by atoms with Gasteiger partial charge in [-0.2, -0.15) is 4.98 Å². The van der Waals surface area contributed by atoms with E-state index in [0.717, 1.165) is 5.56 Å². The van der Waals surface area contributed by atoms with Crippen LogP contribution >= 0.6 is 0 Å². The van der Waals surface area contributed by atoms with Crippen molar-refractivity contribution in [2.45, 2.75) is 20.8 Å². The first-order valence-corrected chi connectivity index (χ1v) is 6.56. The molecule has 0 bridgehead atoms. The van der Waals surface area contributed by atoms with Gasteiger partial charge in [-0.05, 0) is 32.4 Å². The van der Waals surface area contributed by atoms with Gasteiger partial charge in [-0.3, -0.25) is 0 Å². The van der Waals surface area contributed by atoms with Crippen LogP contribution in [-0.2, 0) is 4.74 Å². The lowest BCUT2D eigenvalue weighted by Crippen LogP contribution is -2.09. The first kappa shape index (κ1) is 14.8. The van der Waals surface area contributed by atoms with Crippen LogP contribution in [0.4, 0.5) is 5.69 Å². The van der Waals surface area contributed by atoms with Gasteiger partial charge in [0, 0.05) is 6.20 Å². The second-order valence-corrected chi connectivity index (χ2v) is 4.46. The number of carbonyl (C=O) groups excluding carboxylic acids is 1. The molecule has 2 rings (SSSR count). The van der Waals surface area contributed by atoms with Gasteiger partial charge in [0.05, 0.1) is 23.6 Å². The molecule has 6 heteroatoms. The lowest BCUT2D eigenvalue weighted by Gasteiger charge is -2.10. The minimum Gasteiger partial charge on any atom is -0.462 e. The number of nitrogens with two attached hydrogens (primary N) is 1. The second-order valence-electron chi connectivity index (χ2n) is 4.46. The third-order valence-electron chi connectivity index (χ3n) is 2.94. The molecule has 0 spiro atoms. The van der Waals surface area contributed by atoms with E-state index in [-0.39, 0.29) is 6.01 Å². The van der Waals surface area contributed by atoms with Gasteiger partial charge in [-0.1, -0.05) is 12.1 Å². The van der Waals surface area contributed by atoms with E-state index in [1.165, 1.54) is 6.20 Å². The molecule has 0 aliphatic heterocycles. The highest BCUT2D eigenvalue weighted by molar-refractivity contribution is 5.90. The van der Waals surface area contributed by atoms with E-state index in [1.807, 2.05) is 19.1 Å². The summed E-state index contributed by atoms with van der Waals surface area (Å²) in [7, 11) is 0. The maximum absolute atomic E-state index is 11.7. The SMILES string of the molecule is CCOC(=O)c1cnc(Oc2cccc(C)c2N)nc1C. The van der Waals surface area contributed by atoms with Gasteiger partial charge in [0.25, 0.3) is 0 Å². The van der Waals surface area contributed by atoms with Crippen LogP contribution in [0.3, 0.4) is 0 Å². The molecule has 0 fully saturated rings. The second kappa shape index (κ2) is 6.21. The number of carbonyl (C=O) groups is 1. The largest absolute Gasteiger partial charge is 0.462 e. The molecule has 6 nitrogen and oxygen atoms in total. The van der Waals surface area contributed by atoms with Gasteiger partial charge in [-0.25, -0.2) is 9.78 Å². The van der Waals surface area contributed by atoms with Crippen LogP contribution in [0, 0.1) is 13.8 Å². The summed E-state index contributed by atoms with van der Waals surface area (Å²) in [5.74, 6) is 0.0369. The number of rotatable bonds is 4. The van der Waals surface area contributed by atoms with Crippen LogP contribution in [-0.4, -0.2) is 22.5 Å². The Morgan fingerprint density at radius 1 is 1.33 bits per heavy atom. The molecule has 21 heavy (non-hydrogen) atoms. The molecule has 1 heterocycles. The van der Waals surface area contributed by atoms with Crippen molar-refractivity contribution in [3.8, 4) is 11.8 Å². The Bertz CT molecular complexity index is 671. The van der Waals surface area contributed by atoms with Crippen molar-refractivity contribution in [2.24, 2.45) is 0 Å². The number of nitrogens with zero attached hydrogens (tertiary/aromatic N) is 2. The average molecular weight is 287 g/mol. The predicted molar refractivity (Wildman–Crippen MR) is 78.4 cm³/mol. The van der Waals surface area contributed by atoms with Crippen molar-refractivity contribution in [3.05, 3.63) is 41.2 Å². The average Bonchev–Trinajstić information content (AvgIpc) is 2.44. The van der Waals surface area contributed by atoms with Gasteiger partial charge in [0.15, 0.2) is 5.75 Å². The van der Waals surface area contributed by atoms with E-state index < -0.39 is 5.97 Å². The third-order valence-corrected chi connectivity index (χ3v) is 2.94. The summed E-state index contributed by atoms with van der Waals surface area (Å²) in [5, 5.41) is 0. The Morgan fingerprint density at radius 2 is 2.10 bits per heavy atom. The van der Waals surface area contributed by atoms with Gasteiger partial charge in [0.2, 0.25) is 0 Å². The highest BCUT2D eigenvalue weighted by Gasteiger charge is 2.14. The van der Waals surface area contributed by atoms with Crippen LogP contribution in [0.5, 0.6) is 11.8 Å². The van der Waals surface area contributed by atoms with E-state index in [1.54, 1.807) is 19.9 Å². The summed E-state index contributed by atoms with van der Waals surface area (Å²) in [4.78, 5) is 19.8. The molecule has 0 saturated heterocycles. The number of hydrogen-bond donors (Lipinski definition) is 1.